The van der Waals surface area contributed by atoms with Crippen LogP contribution >= 0.6 is 11.8 Å². The van der Waals surface area contributed by atoms with E-state index in [1.807, 2.05) is 29.7 Å². The molecule has 1 aliphatic heterocycles. The van der Waals surface area contributed by atoms with Crippen molar-refractivity contribution in [2.75, 3.05) is 16.0 Å². The Bertz CT molecular complexity index is 955. The van der Waals surface area contributed by atoms with Crippen molar-refractivity contribution in [3.05, 3.63) is 30.1 Å². The van der Waals surface area contributed by atoms with Crippen LogP contribution in [-0.2, 0) is 27.3 Å². The van der Waals surface area contributed by atoms with Gasteiger partial charge in [-0.15, -0.1) is 10.2 Å². The Hall–Kier alpha value is -2.88. The summed E-state index contributed by atoms with van der Waals surface area (Å²) in [5, 5.41) is 11.7. The molecule has 10 heteroatoms. The number of thioether (sulfide) groups is 1. The molecule has 29 heavy (non-hydrogen) atoms. The molecule has 2 aromatic rings. The van der Waals surface area contributed by atoms with Gasteiger partial charge >= 0.3 is 0 Å². The molecule has 0 spiro atoms. The lowest BCUT2D eigenvalue weighted by molar-refractivity contribution is -0.125. The van der Waals surface area contributed by atoms with Crippen LogP contribution in [0, 0.1) is 0 Å². The third-order valence-corrected chi connectivity index (χ3v) is 5.74. The number of aromatic nitrogens is 3. The van der Waals surface area contributed by atoms with E-state index in [0.717, 1.165) is 0 Å². The van der Waals surface area contributed by atoms with Crippen LogP contribution in [0.5, 0.6) is 0 Å². The van der Waals surface area contributed by atoms with Gasteiger partial charge in [0, 0.05) is 19.4 Å². The Balaban J connectivity index is 1.79. The van der Waals surface area contributed by atoms with Gasteiger partial charge in [0.15, 0.2) is 5.16 Å². The highest BCUT2D eigenvalue weighted by molar-refractivity contribution is 7.99. The minimum atomic E-state index is -1.02. The fourth-order valence-corrected chi connectivity index (χ4v) is 4.12. The molecule has 154 valence electrons. The Labute approximate surface area is 173 Å². The van der Waals surface area contributed by atoms with Crippen LogP contribution in [0.4, 0.5) is 11.4 Å². The van der Waals surface area contributed by atoms with E-state index in [9.17, 15) is 14.4 Å². The number of carbonyl (C=O) groups is 3. The molecule has 0 saturated carbocycles. The van der Waals surface area contributed by atoms with E-state index in [1.165, 1.54) is 16.7 Å². The lowest BCUT2D eigenvalue weighted by atomic mass is 9.96. The maximum atomic E-state index is 13.1. The van der Waals surface area contributed by atoms with E-state index in [0.29, 0.717) is 35.3 Å². The number of carbonyl (C=O) groups excluding carboxylic acids is 3. The van der Waals surface area contributed by atoms with E-state index in [1.54, 1.807) is 19.9 Å². The third kappa shape index (κ3) is 4.12. The van der Waals surface area contributed by atoms with Gasteiger partial charge in [-0.3, -0.25) is 19.3 Å². The number of nitrogens with zero attached hydrogens (tertiary/aromatic N) is 4. The van der Waals surface area contributed by atoms with Gasteiger partial charge in [0.05, 0.1) is 17.1 Å². The van der Waals surface area contributed by atoms with Crippen LogP contribution in [0.2, 0.25) is 0 Å². The topological polar surface area (TPSA) is 123 Å². The zero-order chi connectivity index (χ0) is 21.2. The fraction of sp³-hybridized carbons (Fsp3) is 0.421. The standard InChI is InChI=1S/C19H24N6O3S/c1-4-24-15(10-9-14(20)26)22-23-18(24)29-11-16(27)25-13-8-6-5-7-12(13)21-17(28)19(25,2)3/h5-8H,4,9-11H2,1-3H3,(H2,20,26)(H,21,28). The molecule has 1 aromatic carbocycles. The summed E-state index contributed by atoms with van der Waals surface area (Å²) in [4.78, 5) is 38.2. The predicted molar refractivity (Wildman–Crippen MR) is 111 cm³/mol. The van der Waals surface area contributed by atoms with Gasteiger partial charge in [0.25, 0.3) is 0 Å². The van der Waals surface area contributed by atoms with Crippen molar-refractivity contribution in [3.63, 3.8) is 0 Å². The molecule has 0 fully saturated rings. The average Bonchev–Trinajstić information content (AvgIpc) is 3.07. The number of hydrogen-bond acceptors (Lipinski definition) is 6. The normalized spacial score (nSPS) is 15.0. The second-order valence-electron chi connectivity index (χ2n) is 7.16. The molecule has 0 radical (unpaired) electrons. The number of amides is 3. The average molecular weight is 417 g/mol. The number of nitrogens with one attached hydrogen (secondary N) is 1. The predicted octanol–water partition coefficient (Wildman–Crippen LogP) is 1.57. The van der Waals surface area contributed by atoms with Gasteiger partial charge in [-0.2, -0.15) is 0 Å². The highest BCUT2D eigenvalue weighted by Crippen LogP contribution is 2.37. The second-order valence-corrected chi connectivity index (χ2v) is 8.10. The monoisotopic (exact) mass is 416 g/mol. The molecule has 2 heterocycles. The first-order valence-electron chi connectivity index (χ1n) is 9.32. The summed E-state index contributed by atoms with van der Waals surface area (Å²) in [5.41, 5.74) is 5.47. The summed E-state index contributed by atoms with van der Waals surface area (Å²) < 4.78 is 1.86. The molecule has 3 rings (SSSR count). The number of primary amides is 1. The van der Waals surface area contributed by atoms with Crippen molar-refractivity contribution in [1.29, 1.82) is 0 Å². The maximum Gasteiger partial charge on any atom is 0.250 e. The van der Waals surface area contributed by atoms with Crippen molar-refractivity contribution >= 4 is 40.9 Å². The first kappa shape index (κ1) is 20.8. The summed E-state index contributed by atoms with van der Waals surface area (Å²) in [6.07, 6.45) is 0.590. The second kappa shape index (κ2) is 8.24. The Morgan fingerprint density at radius 2 is 1.97 bits per heavy atom. The largest absolute Gasteiger partial charge is 0.370 e. The Morgan fingerprint density at radius 1 is 1.24 bits per heavy atom. The number of aryl methyl sites for hydroxylation is 1. The van der Waals surface area contributed by atoms with Crippen LogP contribution in [0.1, 0.15) is 33.0 Å². The van der Waals surface area contributed by atoms with E-state index in [2.05, 4.69) is 15.5 Å². The van der Waals surface area contributed by atoms with E-state index in [-0.39, 0.29) is 24.0 Å². The first-order valence-corrected chi connectivity index (χ1v) is 10.3. The van der Waals surface area contributed by atoms with E-state index in [4.69, 9.17) is 5.73 Å². The Morgan fingerprint density at radius 3 is 2.66 bits per heavy atom. The van der Waals surface area contributed by atoms with E-state index < -0.39 is 11.4 Å². The summed E-state index contributed by atoms with van der Waals surface area (Å²) in [5.74, 6) is -0.0841. The molecule has 0 saturated heterocycles. The van der Waals surface area contributed by atoms with Gasteiger partial charge in [-0.05, 0) is 32.9 Å². The molecule has 0 bridgehead atoms. The minimum absolute atomic E-state index is 0.0962. The smallest absolute Gasteiger partial charge is 0.250 e. The number of hydrogen-bond donors (Lipinski definition) is 2. The molecule has 1 aromatic heterocycles. The van der Waals surface area contributed by atoms with Crippen LogP contribution in [0.15, 0.2) is 29.4 Å². The van der Waals surface area contributed by atoms with Crippen molar-refractivity contribution in [2.45, 2.75) is 50.9 Å². The molecule has 1 aliphatic rings. The van der Waals surface area contributed by atoms with Crippen LogP contribution < -0.4 is 16.0 Å². The highest BCUT2D eigenvalue weighted by atomic mass is 32.2. The maximum absolute atomic E-state index is 13.1. The third-order valence-electron chi connectivity index (χ3n) is 4.79. The SMILES string of the molecule is CCn1c(CCC(N)=O)nnc1SCC(=O)N1c2ccccc2NC(=O)C1(C)C. The molecule has 3 N–H and O–H groups in total. The number of rotatable bonds is 7. The Kier molecular flexibility index (Phi) is 5.92. The van der Waals surface area contributed by atoms with Gasteiger partial charge in [-0.25, -0.2) is 0 Å². The van der Waals surface area contributed by atoms with Crippen LogP contribution in [0.3, 0.4) is 0 Å². The summed E-state index contributed by atoms with van der Waals surface area (Å²) in [7, 11) is 0. The molecular weight excluding hydrogens is 392 g/mol. The van der Waals surface area contributed by atoms with E-state index >= 15 is 0 Å². The molecule has 9 nitrogen and oxygen atoms in total. The van der Waals surface area contributed by atoms with Gasteiger partial charge < -0.3 is 15.6 Å². The van der Waals surface area contributed by atoms with Crippen molar-refractivity contribution < 1.29 is 14.4 Å². The van der Waals surface area contributed by atoms with Crippen LogP contribution in [-0.4, -0.2) is 43.8 Å². The highest BCUT2D eigenvalue weighted by Gasteiger charge is 2.43. The number of fused-ring (bicyclic) bond motifs is 1. The van der Waals surface area contributed by atoms with Crippen LogP contribution in [0.25, 0.3) is 0 Å². The number of para-hydroxylation sites is 2. The molecule has 0 unspecified atom stereocenters. The van der Waals surface area contributed by atoms with Gasteiger partial charge in [-0.1, -0.05) is 23.9 Å². The minimum Gasteiger partial charge on any atom is -0.370 e. The van der Waals surface area contributed by atoms with Gasteiger partial charge in [0.2, 0.25) is 17.7 Å². The van der Waals surface area contributed by atoms with Gasteiger partial charge in [0.1, 0.15) is 11.4 Å². The zero-order valence-electron chi connectivity index (χ0n) is 16.6. The quantitative estimate of drug-likeness (QED) is 0.661. The lowest BCUT2D eigenvalue weighted by Crippen LogP contribution is -2.59. The fourth-order valence-electron chi connectivity index (χ4n) is 3.25. The first-order chi connectivity index (χ1) is 13.8. The number of anilines is 2. The number of nitrogens with two attached hydrogens (primary N) is 1. The number of benzene rings is 1. The van der Waals surface area contributed by atoms with Crippen molar-refractivity contribution in [2.24, 2.45) is 5.73 Å². The summed E-state index contributed by atoms with van der Waals surface area (Å²) in [6, 6.07) is 7.23. The summed E-state index contributed by atoms with van der Waals surface area (Å²) >= 11 is 1.26. The molecule has 0 aliphatic carbocycles. The molecular formula is C19H24N6O3S. The van der Waals surface area contributed by atoms with Crippen molar-refractivity contribution in [3.8, 4) is 0 Å². The molecule has 3 amide bonds. The molecule has 0 atom stereocenters. The lowest BCUT2D eigenvalue weighted by Gasteiger charge is -2.42. The van der Waals surface area contributed by atoms with Crippen molar-refractivity contribution in [1.82, 2.24) is 14.8 Å². The zero-order valence-corrected chi connectivity index (χ0v) is 17.5. The summed E-state index contributed by atoms with van der Waals surface area (Å²) in [6.45, 7) is 5.99.